The Labute approximate surface area is 150 Å². The minimum Gasteiger partial charge on any atom is -0.462 e. The molecule has 0 bridgehead atoms. The van der Waals surface area contributed by atoms with Crippen LogP contribution in [-0.4, -0.2) is 44.2 Å². The molecule has 1 aromatic heterocycles. The molecule has 0 radical (unpaired) electrons. The summed E-state index contributed by atoms with van der Waals surface area (Å²) in [6.45, 7) is 4.88. The first-order valence-electron chi connectivity index (χ1n) is 7.96. The van der Waals surface area contributed by atoms with Crippen LogP contribution in [0.1, 0.15) is 52.3 Å². The third-order valence-electron chi connectivity index (χ3n) is 4.00. The third kappa shape index (κ3) is 4.66. The summed E-state index contributed by atoms with van der Waals surface area (Å²) in [7, 11) is -3.05. The first kappa shape index (κ1) is 19.6. The molecular formula is C16H21NO6S2. The fourth-order valence-electron chi connectivity index (χ4n) is 2.86. The number of rotatable bonds is 6. The van der Waals surface area contributed by atoms with Crippen LogP contribution < -0.4 is 5.32 Å². The number of ether oxygens (including phenoxy) is 1. The molecule has 1 aromatic rings. The number of Topliss-reactive ketones (excluding diaryl/α,β-unsaturated/α-hetero) is 1. The summed E-state index contributed by atoms with van der Waals surface area (Å²) < 4.78 is 28.0. The standard InChI is InChI=1S/C16H21NO6S2/c1-4-23-16(20)13-9(2)14(10(3)18)24-15(13)17-12(19)7-11-5-6-25(21,22)8-11/h11H,4-8H2,1-3H3,(H,17,19). The molecule has 1 aliphatic rings. The maximum Gasteiger partial charge on any atom is 0.341 e. The summed E-state index contributed by atoms with van der Waals surface area (Å²) in [5.74, 6) is -1.27. The van der Waals surface area contributed by atoms with Gasteiger partial charge in [0.05, 0.1) is 28.6 Å². The molecule has 1 N–H and O–H groups in total. The van der Waals surface area contributed by atoms with Gasteiger partial charge in [-0.1, -0.05) is 0 Å². The molecule has 1 aliphatic heterocycles. The fourth-order valence-corrected chi connectivity index (χ4v) is 5.83. The molecule has 1 amide bonds. The molecule has 7 nitrogen and oxygen atoms in total. The normalized spacial score (nSPS) is 18.8. The zero-order valence-corrected chi connectivity index (χ0v) is 16.0. The van der Waals surface area contributed by atoms with Gasteiger partial charge in [0.2, 0.25) is 5.91 Å². The van der Waals surface area contributed by atoms with Crippen molar-refractivity contribution in [2.24, 2.45) is 5.92 Å². The van der Waals surface area contributed by atoms with E-state index in [0.29, 0.717) is 16.9 Å². The van der Waals surface area contributed by atoms with E-state index in [1.807, 2.05) is 0 Å². The molecule has 0 saturated carbocycles. The fraction of sp³-hybridized carbons (Fsp3) is 0.562. The third-order valence-corrected chi connectivity index (χ3v) is 7.14. The molecule has 1 saturated heterocycles. The van der Waals surface area contributed by atoms with Crippen molar-refractivity contribution < 1.29 is 27.5 Å². The molecular weight excluding hydrogens is 366 g/mol. The molecule has 25 heavy (non-hydrogen) atoms. The van der Waals surface area contributed by atoms with Gasteiger partial charge in [-0.15, -0.1) is 11.3 Å². The van der Waals surface area contributed by atoms with Crippen molar-refractivity contribution >= 4 is 43.8 Å². The summed E-state index contributed by atoms with van der Waals surface area (Å²) in [6.07, 6.45) is 0.524. The Kier molecular flexibility index (Phi) is 5.99. The average Bonchev–Trinajstić information content (AvgIpc) is 2.98. The van der Waals surface area contributed by atoms with E-state index in [-0.39, 0.29) is 52.7 Å². The number of esters is 1. The lowest BCUT2D eigenvalue weighted by atomic mass is 10.0. The van der Waals surface area contributed by atoms with Gasteiger partial charge in [0.15, 0.2) is 15.6 Å². The number of carbonyl (C=O) groups excluding carboxylic acids is 3. The minimum absolute atomic E-state index is 0.00726. The summed E-state index contributed by atoms with van der Waals surface area (Å²) in [4.78, 5) is 36.6. The van der Waals surface area contributed by atoms with Gasteiger partial charge in [0.25, 0.3) is 0 Å². The summed E-state index contributed by atoms with van der Waals surface area (Å²) in [5.41, 5.74) is 0.666. The van der Waals surface area contributed by atoms with E-state index < -0.39 is 15.8 Å². The Bertz CT molecular complexity index is 809. The van der Waals surface area contributed by atoms with Crippen molar-refractivity contribution in [3.63, 3.8) is 0 Å². The van der Waals surface area contributed by atoms with Crippen LogP contribution in [0.2, 0.25) is 0 Å². The Morgan fingerprint density at radius 2 is 2.00 bits per heavy atom. The van der Waals surface area contributed by atoms with Gasteiger partial charge in [-0.05, 0) is 38.7 Å². The predicted molar refractivity (Wildman–Crippen MR) is 95.0 cm³/mol. The van der Waals surface area contributed by atoms with Crippen molar-refractivity contribution in [3.8, 4) is 0 Å². The van der Waals surface area contributed by atoms with Crippen molar-refractivity contribution in [1.29, 1.82) is 0 Å². The highest BCUT2D eigenvalue weighted by atomic mass is 32.2. The van der Waals surface area contributed by atoms with E-state index in [2.05, 4.69) is 5.32 Å². The number of hydrogen-bond acceptors (Lipinski definition) is 7. The molecule has 2 rings (SSSR count). The number of nitrogens with one attached hydrogen (secondary N) is 1. The number of sulfone groups is 1. The van der Waals surface area contributed by atoms with Gasteiger partial charge in [-0.25, -0.2) is 13.2 Å². The Morgan fingerprint density at radius 3 is 2.52 bits per heavy atom. The number of anilines is 1. The molecule has 0 aromatic carbocycles. The van der Waals surface area contributed by atoms with Gasteiger partial charge >= 0.3 is 5.97 Å². The lowest BCUT2D eigenvalue weighted by Gasteiger charge is -2.09. The molecule has 1 atom stereocenters. The first-order chi connectivity index (χ1) is 11.6. The molecule has 0 aliphatic carbocycles. The summed E-state index contributed by atoms with van der Waals surface area (Å²) >= 11 is 1.03. The van der Waals surface area contributed by atoms with Gasteiger partial charge in [-0.3, -0.25) is 9.59 Å². The number of hydrogen-bond donors (Lipinski definition) is 1. The maximum absolute atomic E-state index is 12.3. The Hall–Kier alpha value is -1.74. The number of ketones is 1. The first-order valence-corrected chi connectivity index (χ1v) is 10.6. The van der Waals surface area contributed by atoms with E-state index >= 15 is 0 Å². The van der Waals surface area contributed by atoms with Crippen LogP contribution in [0.25, 0.3) is 0 Å². The Balaban J connectivity index is 2.20. The van der Waals surface area contributed by atoms with Gasteiger partial charge in [-0.2, -0.15) is 0 Å². The summed E-state index contributed by atoms with van der Waals surface area (Å²) in [6, 6.07) is 0. The molecule has 2 heterocycles. The predicted octanol–water partition coefficient (Wildman–Crippen LogP) is 2.20. The average molecular weight is 387 g/mol. The number of amides is 1. The van der Waals surface area contributed by atoms with Crippen molar-refractivity contribution in [2.75, 3.05) is 23.4 Å². The number of carbonyl (C=O) groups is 3. The van der Waals surface area contributed by atoms with Crippen molar-refractivity contribution in [1.82, 2.24) is 0 Å². The smallest absolute Gasteiger partial charge is 0.341 e. The van der Waals surface area contributed by atoms with Crippen LogP contribution in [0, 0.1) is 12.8 Å². The molecule has 1 unspecified atom stereocenters. The van der Waals surface area contributed by atoms with Crippen molar-refractivity contribution in [3.05, 3.63) is 16.0 Å². The second-order valence-corrected chi connectivity index (χ2v) is 9.31. The molecule has 138 valence electrons. The number of thiophene rings is 1. The van der Waals surface area contributed by atoms with Crippen LogP contribution in [-0.2, 0) is 19.4 Å². The van der Waals surface area contributed by atoms with Crippen LogP contribution in [0.5, 0.6) is 0 Å². The zero-order chi connectivity index (χ0) is 18.8. The second kappa shape index (κ2) is 7.65. The molecule has 9 heteroatoms. The van der Waals surface area contributed by atoms with E-state index in [9.17, 15) is 22.8 Å². The maximum atomic E-state index is 12.3. The van der Waals surface area contributed by atoms with E-state index in [1.165, 1.54) is 6.92 Å². The zero-order valence-electron chi connectivity index (χ0n) is 14.4. The monoisotopic (exact) mass is 387 g/mol. The van der Waals surface area contributed by atoms with Crippen molar-refractivity contribution in [2.45, 2.75) is 33.6 Å². The van der Waals surface area contributed by atoms with E-state index in [4.69, 9.17) is 4.74 Å². The van der Waals surface area contributed by atoms with Crippen LogP contribution in [0.3, 0.4) is 0 Å². The van der Waals surface area contributed by atoms with E-state index in [1.54, 1.807) is 13.8 Å². The lowest BCUT2D eigenvalue weighted by molar-refractivity contribution is -0.116. The topological polar surface area (TPSA) is 107 Å². The van der Waals surface area contributed by atoms with Crippen LogP contribution in [0.15, 0.2) is 0 Å². The van der Waals surface area contributed by atoms with Gasteiger partial charge in [0.1, 0.15) is 5.00 Å². The van der Waals surface area contributed by atoms with Gasteiger partial charge in [0, 0.05) is 6.42 Å². The lowest BCUT2D eigenvalue weighted by Crippen LogP contribution is -2.18. The SMILES string of the molecule is CCOC(=O)c1c(NC(=O)CC2CCS(=O)(=O)C2)sc(C(C)=O)c1C. The Morgan fingerprint density at radius 1 is 1.32 bits per heavy atom. The largest absolute Gasteiger partial charge is 0.462 e. The van der Waals surface area contributed by atoms with Gasteiger partial charge < -0.3 is 10.1 Å². The highest BCUT2D eigenvalue weighted by molar-refractivity contribution is 7.91. The van der Waals surface area contributed by atoms with Crippen LogP contribution in [0.4, 0.5) is 5.00 Å². The highest BCUT2D eigenvalue weighted by Crippen LogP contribution is 2.34. The molecule has 0 spiro atoms. The molecule has 1 fully saturated rings. The van der Waals surface area contributed by atoms with E-state index in [0.717, 1.165) is 11.3 Å². The van der Waals surface area contributed by atoms with Crippen LogP contribution >= 0.6 is 11.3 Å². The summed E-state index contributed by atoms with van der Waals surface area (Å²) in [5, 5.41) is 2.92. The quantitative estimate of drug-likeness (QED) is 0.592. The second-order valence-electron chi connectivity index (χ2n) is 6.06. The minimum atomic E-state index is -3.05. The highest BCUT2D eigenvalue weighted by Gasteiger charge is 2.30.